The number of fused-ring (bicyclic) bond motifs is 2. The van der Waals surface area contributed by atoms with Crippen LogP contribution in [0.3, 0.4) is 0 Å². The van der Waals surface area contributed by atoms with Crippen molar-refractivity contribution in [3.63, 3.8) is 0 Å². The Balaban J connectivity index is 1.68. The second-order valence-corrected chi connectivity index (χ2v) is 8.22. The topological polar surface area (TPSA) is 132 Å². The van der Waals surface area contributed by atoms with Gasteiger partial charge in [0.05, 0.1) is 23.7 Å². The maximum absolute atomic E-state index is 14.6. The maximum atomic E-state index is 14.6. The van der Waals surface area contributed by atoms with Gasteiger partial charge in [0.25, 0.3) is 5.92 Å². The van der Waals surface area contributed by atoms with Crippen LogP contribution in [0.15, 0.2) is 36.5 Å². The fourth-order valence-corrected chi connectivity index (χ4v) is 4.12. The Kier molecular flexibility index (Phi) is 4.98. The van der Waals surface area contributed by atoms with Crippen molar-refractivity contribution in [3.05, 3.63) is 59.3 Å². The van der Waals surface area contributed by atoms with Gasteiger partial charge >= 0.3 is 0 Å². The lowest BCUT2D eigenvalue weighted by molar-refractivity contribution is -0.145. The zero-order chi connectivity index (χ0) is 25.1. The lowest BCUT2D eigenvalue weighted by atomic mass is 9.78. The third-order valence-corrected chi connectivity index (χ3v) is 6.10. The second-order valence-electron chi connectivity index (χ2n) is 8.22. The average molecular weight is 487 g/mol. The van der Waals surface area contributed by atoms with Crippen molar-refractivity contribution in [3.8, 4) is 11.5 Å². The van der Waals surface area contributed by atoms with Crippen LogP contribution < -0.4 is 11.1 Å². The number of halogens is 4. The van der Waals surface area contributed by atoms with Gasteiger partial charge in [-0.25, -0.2) is 37.2 Å². The largest absolute Gasteiger partial charge is 0.390 e. The van der Waals surface area contributed by atoms with Crippen molar-refractivity contribution in [2.24, 2.45) is 0 Å². The van der Waals surface area contributed by atoms with Crippen LogP contribution in [0.5, 0.6) is 0 Å². The van der Waals surface area contributed by atoms with Gasteiger partial charge in [0.2, 0.25) is 5.91 Å². The van der Waals surface area contributed by atoms with E-state index in [1.807, 2.05) is 0 Å². The van der Waals surface area contributed by atoms with Crippen LogP contribution in [0.2, 0.25) is 0 Å². The summed E-state index contributed by atoms with van der Waals surface area (Å²) in [6.07, 6.45) is 0.964. The number of benzene rings is 1. The first-order valence-corrected chi connectivity index (χ1v) is 10.3. The normalized spacial score (nSPS) is 17.6. The molecule has 0 fully saturated rings. The fraction of sp³-hybridized carbons (Fsp3) is 0.227. The zero-order valence-corrected chi connectivity index (χ0v) is 18.1. The van der Waals surface area contributed by atoms with E-state index in [2.05, 4.69) is 25.4 Å². The molecule has 9 nitrogen and oxygen atoms in total. The minimum Gasteiger partial charge on any atom is -0.390 e. The van der Waals surface area contributed by atoms with Crippen molar-refractivity contribution in [2.45, 2.75) is 24.8 Å². The van der Waals surface area contributed by atoms with Crippen LogP contribution in [-0.4, -0.2) is 48.3 Å². The summed E-state index contributed by atoms with van der Waals surface area (Å²) in [4.78, 5) is 24.8. The summed E-state index contributed by atoms with van der Waals surface area (Å²) >= 11 is 0. The Morgan fingerprint density at radius 1 is 1.23 bits per heavy atom. The highest BCUT2D eigenvalue weighted by Gasteiger charge is 2.62. The van der Waals surface area contributed by atoms with Crippen molar-refractivity contribution >= 4 is 28.6 Å². The third-order valence-electron chi connectivity index (χ3n) is 6.10. The molecule has 4 aromatic rings. The van der Waals surface area contributed by atoms with Gasteiger partial charge in [-0.15, -0.1) is 0 Å². The van der Waals surface area contributed by atoms with Crippen LogP contribution in [-0.2, 0) is 16.8 Å². The van der Waals surface area contributed by atoms with E-state index < -0.39 is 41.3 Å². The molecule has 4 heterocycles. The standard InChI is InChI=1S/C22H17F4N7O2/c1-21(22(25,26)9-34)14-16(27)29-18(30-17(14)31-20(21)35)15-12-6-11(23)7-28-19(12)33(32-15)8-10-4-2-3-5-13(10)24/h2-7,34H,8-9H2,1H3,(H3,27,29,30,31,35). The number of carbonyl (C=O) groups excluding carboxylic acids is 1. The summed E-state index contributed by atoms with van der Waals surface area (Å²) in [6.45, 7) is -0.727. The highest BCUT2D eigenvalue weighted by Crippen LogP contribution is 2.49. The summed E-state index contributed by atoms with van der Waals surface area (Å²) in [5, 5.41) is 16.0. The number of pyridine rings is 1. The molecule has 13 heteroatoms. The number of nitrogens with zero attached hydrogens (tertiary/aromatic N) is 5. The van der Waals surface area contributed by atoms with Crippen molar-refractivity contribution < 1.29 is 27.5 Å². The van der Waals surface area contributed by atoms with Crippen molar-refractivity contribution in [2.75, 3.05) is 17.7 Å². The van der Waals surface area contributed by atoms with E-state index in [0.717, 1.165) is 19.2 Å². The predicted octanol–water partition coefficient (Wildman–Crippen LogP) is 2.63. The number of rotatable bonds is 5. The number of aliphatic hydroxyl groups is 1. The van der Waals surface area contributed by atoms with E-state index in [-0.39, 0.29) is 40.5 Å². The van der Waals surface area contributed by atoms with Crippen LogP contribution in [0.1, 0.15) is 18.1 Å². The Hall–Kier alpha value is -4.13. The molecule has 1 aromatic carbocycles. The summed E-state index contributed by atoms with van der Waals surface area (Å²) in [7, 11) is 0. The van der Waals surface area contributed by atoms with Gasteiger partial charge in [-0.1, -0.05) is 18.2 Å². The zero-order valence-electron chi connectivity index (χ0n) is 18.1. The molecule has 1 aliphatic heterocycles. The third kappa shape index (κ3) is 3.30. The first-order chi connectivity index (χ1) is 16.6. The Bertz CT molecular complexity index is 1510. The molecule has 0 saturated carbocycles. The van der Waals surface area contributed by atoms with Crippen LogP contribution in [0.4, 0.5) is 29.2 Å². The molecule has 0 spiro atoms. The quantitative estimate of drug-likeness (QED) is 0.369. The molecule has 3 aromatic heterocycles. The number of hydrogen-bond donors (Lipinski definition) is 3. The fourth-order valence-electron chi connectivity index (χ4n) is 4.12. The van der Waals surface area contributed by atoms with Gasteiger partial charge in [0.15, 0.2) is 11.5 Å². The van der Waals surface area contributed by atoms with E-state index in [9.17, 15) is 27.5 Å². The predicted molar refractivity (Wildman–Crippen MR) is 116 cm³/mol. The molecule has 35 heavy (non-hydrogen) atoms. The first-order valence-electron chi connectivity index (χ1n) is 10.3. The second kappa shape index (κ2) is 7.70. The number of amides is 1. The Morgan fingerprint density at radius 2 is 1.97 bits per heavy atom. The smallest absolute Gasteiger partial charge is 0.288 e. The van der Waals surface area contributed by atoms with E-state index >= 15 is 0 Å². The summed E-state index contributed by atoms with van der Waals surface area (Å²) < 4.78 is 58.7. The molecule has 0 saturated heterocycles. The number of nitrogen functional groups attached to an aromatic ring is 1. The lowest BCUT2D eigenvalue weighted by Gasteiger charge is -2.30. The number of aliphatic hydroxyl groups excluding tert-OH is 1. The molecule has 1 atom stereocenters. The SMILES string of the molecule is CC1(C(F)(F)CO)C(=O)Nc2nc(-c3nn(Cc4ccccc4F)c4ncc(F)cc34)nc(N)c21. The van der Waals surface area contributed by atoms with Gasteiger partial charge in [-0.2, -0.15) is 5.10 Å². The number of anilines is 2. The molecule has 1 unspecified atom stereocenters. The number of alkyl halides is 2. The van der Waals surface area contributed by atoms with Gasteiger partial charge in [-0.3, -0.25) is 4.79 Å². The van der Waals surface area contributed by atoms with Crippen molar-refractivity contribution in [1.82, 2.24) is 24.7 Å². The highest BCUT2D eigenvalue weighted by molar-refractivity contribution is 6.07. The Labute approximate surface area is 194 Å². The molecule has 5 rings (SSSR count). The minimum atomic E-state index is -3.86. The minimum absolute atomic E-state index is 0.00499. The molecule has 180 valence electrons. The first kappa shape index (κ1) is 22.7. The summed E-state index contributed by atoms with van der Waals surface area (Å²) in [5.41, 5.74) is 3.58. The molecule has 1 aliphatic rings. The van der Waals surface area contributed by atoms with Crippen molar-refractivity contribution in [1.29, 1.82) is 0 Å². The number of carbonyl (C=O) groups is 1. The van der Waals surface area contributed by atoms with Crippen LogP contribution in [0.25, 0.3) is 22.6 Å². The molecular formula is C22H17F4N7O2. The van der Waals surface area contributed by atoms with E-state index in [0.29, 0.717) is 5.56 Å². The summed E-state index contributed by atoms with van der Waals surface area (Å²) in [6, 6.07) is 7.12. The van der Waals surface area contributed by atoms with E-state index in [4.69, 9.17) is 5.73 Å². The molecule has 0 bridgehead atoms. The highest BCUT2D eigenvalue weighted by atomic mass is 19.3. The molecule has 0 aliphatic carbocycles. The molecule has 0 radical (unpaired) electrons. The van der Waals surface area contributed by atoms with Crippen LogP contribution >= 0.6 is 0 Å². The number of nitrogens with two attached hydrogens (primary N) is 1. The average Bonchev–Trinajstić information content (AvgIpc) is 3.30. The van der Waals surface area contributed by atoms with E-state index in [1.54, 1.807) is 12.1 Å². The van der Waals surface area contributed by atoms with Crippen LogP contribution in [0, 0.1) is 11.6 Å². The van der Waals surface area contributed by atoms with Gasteiger partial charge in [0, 0.05) is 5.56 Å². The van der Waals surface area contributed by atoms with Gasteiger partial charge in [-0.05, 0) is 19.1 Å². The van der Waals surface area contributed by atoms with Gasteiger partial charge < -0.3 is 16.2 Å². The molecular weight excluding hydrogens is 470 g/mol. The maximum Gasteiger partial charge on any atom is 0.288 e. The number of aromatic nitrogens is 5. The molecule has 4 N–H and O–H groups in total. The summed E-state index contributed by atoms with van der Waals surface area (Å²) in [5.74, 6) is -7.07. The van der Waals surface area contributed by atoms with E-state index in [1.165, 1.54) is 16.8 Å². The van der Waals surface area contributed by atoms with Gasteiger partial charge in [0.1, 0.15) is 41.0 Å². The molecule has 1 amide bonds. The lowest BCUT2D eigenvalue weighted by Crippen LogP contribution is -2.50. The number of nitrogens with one attached hydrogen (secondary N) is 1. The number of hydrogen-bond acceptors (Lipinski definition) is 7. The Morgan fingerprint density at radius 3 is 2.69 bits per heavy atom. The monoisotopic (exact) mass is 487 g/mol.